The Hall–Kier alpha value is -2.10. The lowest BCUT2D eigenvalue weighted by molar-refractivity contribution is 0.0957. The fourth-order valence-electron chi connectivity index (χ4n) is 1.63. The summed E-state index contributed by atoms with van der Waals surface area (Å²) in [5.41, 5.74) is 0. The number of aliphatic hydroxyl groups is 1. The van der Waals surface area contributed by atoms with Gasteiger partial charge in [-0.3, -0.25) is 4.79 Å². The molecule has 0 aromatic carbocycles. The van der Waals surface area contributed by atoms with Gasteiger partial charge in [-0.05, 0) is 18.6 Å². The number of aromatic nitrogens is 2. The summed E-state index contributed by atoms with van der Waals surface area (Å²) in [5.74, 6) is 6.18. The van der Waals surface area contributed by atoms with Gasteiger partial charge >= 0.3 is 0 Å². The number of hydrogen-bond donors (Lipinski definition) is 3. The van der Waals surface area contributed by atoms with Gasteiger partial charge in [0.15, 0.2) is 0 Å². The fourth-order valence-corrected chi connectivity index (χ4v) is 2.43. The maximum atomic E-state index is 11.9. The summed E-state index contributed by atoms with van der Waals surface area (Å²) in [5, 5.41) is 11.5. The van der Waals surface area contributed by atoms with E-state index in [1.807, 2.05) is 0 Å². The quantitative estimate of drug-likeness (QED) is 0.571. The van der Waals surface area contributed by atoms with Crippen LogP contribution in [0.3, 0.4) is 0 Å². The Labute approximate surface area is 121 Å². The van der Waals surface area contributed by atoms with Gasteiger partial charge in [0, 0.05) is 25.4 Å². The minimum Gasteiger partial charge on any atom is -0.384 e. The highest BCUT2D eigenvalue weighted by Crippen LogP contribution is 2.15. The Kier molecular flexibility index (Phi) is 5.35. The molecule has 6 heteroatoms. The van der Waals surface area contributed by atoms with Crippen molar-refractivity contribution in [2.45, 2.75) is 12.8 Å². The van der Waals surface area contributed by atoms with Crippen molar-refractivity contribution in [1.29, 1.82) is 0 Å². The third-order valence-electron chi connectivity index (χ3n) is 2.55. The molecule has 2 rings (SSSR count). The molecule has 1 amide bonds. The van der Waals surface area contributed by atoms with E-state index in [4.69, 9.17) is 5.11 Å². The molecule has 2 heterocycles. The fraction of sp³-hybridized carbons (Fsp3) is 0.286. The second kappa shape index (κ2) is 7.48. The molecule has 20 heavy (non-hydrogen) atoms. The summed E-state index contributed by atoms with van der Waals surface area (Å²) in [6.45, 7) is 0.432. The van der Waals surface area contributed by atoms with Crippen molar-refractivity contribution in [3.8, 4) is 11.8 Å². The number of amides is 1. The van der Waals surface area contributed by atoms with E-state index in [0.717, 1.165) is 23.5 Å². The molecule has 5 nitrogen and oxygen atoms in total. The summed E-state index contributed by atoms with van der Waals surface area (Å²) in [6.07, 6.45) is 5.15. The van der Waals surface area contributed by atoms with Crippen LogP contribution in [0.2, 0.25) is 0 Å². The number of rotatable bonds is 5. The number of hydrogen-bond acceptors (Lipinski definition) is 4. The molecule has 104 valence electrons. The van der Waals surface area contributed by atoms with Crippen LogP contribution in [0.1, 0.15) is 26.8 Å². The lowest BCUT2D eigenvalue weighted by atomic mass is 10.3. The average molecular weight is 289 g/mol. The highest BCUT2D eigenvalue weighted by atomic mass is 32.1. The smallest absolute Gasteiger partial charge is 0.261 e. The van der Waals surface area contributed by atoms with Gasteiger partial charge in [0.25, 0.3) is 5.91 Å². The lowest BCUT2D eigenvalue weighted by Gasteiger charge is -2.02. The number of imidazole rings is 1. The SMILES string of the molecule is O=C(NCCCc1ncc[nH]1)c1ccc(C#CCO)s1. The van der Waals surface area contributed by atoms with E-state index >= 15 is 0 Å². The Morgan fingerprint density at radius 2 is 2.40 bits per heavy atom. The molecule has 2 aromatic heterocycles. The second-order valence-corrected chi connectivity index (χ2v) is 5.10. The van der Waals surface area contributed by atoms with Crippen molar-refractivity contribution in [3.05, 3.63) is 40.1 Å². The molecule has 2 aromatic rings. The number of carbonyl (C=O) groups is 1. The summed E-state index contributed by atoms with van der Waals surface area (Å²) in [4.78, 5) is 20.4. The second-order valence-electron chi connectivity index (χ2n) is 4.02. The third-order valence-corrected chi connectivity index (χ3v) is 3.55. The van der Waals surface area contributed by atoms with E-state index in [1.165, 1.54) is 11.3 Å². The summed E-state index contributed by atoms with van der Waals surface area (Å²) >= 11 is 1.32. The third kappa shape index (κ3) is 4.23. The Bertz CT molecular complexity index is 608. The zero-order valence-corrected chi connectivity index (χ0v) is 11.7. The molecule has 0 aliphatic carbocycles. The predicted octanol–water partition coefficient (Wildman–Crippen LogP) is 1.18. The van der Waals surface area contributed by atoms with E-state index in [-0.39, 0.29) is 12.5 Å². The van der Waals surface area contributed by atoms with Crippen LogP contribution < -0.4 is 5.32 Å². The van der Waals surface area contributed by atoms with Crippen LogP contribution in [0.15, 0.2) is 24.5 Å². The number of thiophene rings is 1. The van der Waals surface area contributed by atoms with Gasteiger partial charge in [0.05, 0.1) is 9.75 Å². The first kappa shape index (κ1) is 14.3. The standard InChI is InChI=1S/C14H15N3O2S/c18-10-2-3-11-5-6-12(20-11)14(19)17-7-1-4-13-15-8-9-16-13/h5-6,8-9,18H,1,4,7,10H2,(H,15,16)(H,17,19). The number of nitrogens with zero attached hydrogens (tertiary/aromatic N) is 1. The van der Waals surface area contributed by atoms with Crippen LogP contribution in [0.5, 0.6) is 0 Å². The molecule has 3 N–H and O–H groups in total. The van der Waals surface area contributed by atoms with Gasteiger partial charge in [0.2, 0.25) is 0 Å². The van der Waals surface area contributed by atoms with E-state index in [0.29, 0.717) is 11.4 Å². The van der Waals surface area contributed by atoms with Crippen LogP contribution >= 0.6 is 11.3 Å². The predicted molar refractivity (Wildman–Crippen MR) is 77.5 cm³/mol. The number of aryl methyl sites for hydroxylation is 1. The van der Waals surface area contributed by atoms with E-state index in [1.54, 1.807) is 24.5 Å². The number of H-pyrrole nitrogens is 1. The molecular weight excluding hydrogens is 274 g/mol. The molecule has 0 spiro atoms. The summed E-state index contributed by atoms with van der Waals surface area (Å²) in [7, 11) is 0. The number of aliphatic hydroxyl groups excluding tert-OH is 1. The van der Waals surface area contributed by atoms with Crippen molar-refractivity contribution in [1.82, 2.24) is 15.3 Å². The van der Waals surface area contributed by atoms with Gasteiger partial charge in [-0.25, -0.2) is 4.98 Å². The first-order chi connectivity index (χ1) is 9.79. The van der Waals surface area contributed by atoms with Crippen LogP contribution in [0.25, 0.3) is 0 Å². The van der Waals surface area contributed by atoms with E-state index in [9.17, 15) is 4.79 Å². The van der Waals surface area contributed by atoms with E-state index < -0.39 is 0 Å². The van der Waals surface area contributed by atoms with Crippen molar-refractivity contribution in [2.75, 3.05) is 13.2 Å². The zero-order valence-electron chi connectivity index (χ0n) is 10.8. The molecular formula is C14H15N3O2S. The monoisotopic (exact) mass is 289 g/mol. The first-order valence-corrected chi connectivity index (χ1v) is 7.07. The van der Waals surface area contributed by atoms with Gasteiger partial charge in [-0.1, -0.05) is 11.8 Å². The molecule has 0 saturated carbocycles. The molecule has 0 bridgehead atoms. The normalized spacial score (nSPS) is 9.85. The van der Waals surface area contributed by atoms with Gasteiger partial charge in [0.1, 0.15) is 12.4 Å². The molecule has 0 aliphatic rings. The van der Waals surface area contributed by atoms with Crippen molar-refractivity contribution < 1.29 is 9.90 Å². The van der Waals surface area contributed by atoms with Crippen molar-refractivity contribution >= 4 is 17.2 Å². The topological polar surface area (TPSA) is 78.0 Å². The number of carbonyl (C=O) groups excluding carboxylic acids is 1. The molecule has 0 fully saturated rings. The minimum atomic E-state index is -0.174. The molecule has 0 saturated heterocycles. The Balaban J connectivity index is 1.75. The average Bonchev–Trinajstić information content (AvgIpc) is 3.12. The van der Waals surface area contributed by atoms with Crippen molar-refractivity contribution in [3.63, 3.8) is 0 Å². The Morgan fingerprint density at radius 3 is 3.15 bits per heavy atom. The van der Waals surface area contributed by atoms with Gasteiger partial charge in [-0.2, -0.15) is 0 Å². The highest BCUT2D eigenvalue weighted by Gasteiger charge is 2.07. The van der Waals surface area contributed by atoms with Crippen LogP contribution in [0.4, 0.5) is 0 Å². The lowest BCUT2D eigenvalue weighted by Crippen LogP contribution is -2.23. The first-order valence-electron chi connectivity index (χ1n) is 6.25. The highest BCUT2D eigenvalue weighted by molar-refractivity contribution is 7.14. The summed E-state index contributed by atoms with van der Waals surface area (Å²) in [6, 6.07) is 3.53. The molecule has 0 radical (unpaired) electrons. The maximum absolute atomic E-state index is 11.9. The molecule has 0 aliphatic heterocycles. The maximum Gasteiger partial charge on any atom is 0.261 e. The molecule has 0 atom stereocenters. The zero-order chi connectivity index (χ0) is 14.2. The Morgan fingerprint density at radius 1 is 1.50 bits per heavy atom. The summed E-state index contributed by atoms with van der Waals surface area (Å²) < 4.78 is 0. The largest absolute Gasteiger partial charge is 0.384 e. The van der Waals surface area contributed by atoms with Gasteiger partial charge < -0.3 is 15.4 Å². The van der Waals surface area contributed by atoms with Crippen molar-refractivity contribution in [2.24, 2.45) is 0 Å². The van der Waals surface area contributed by atoms with Crippen LogP contribution in [0, 0.1) is 11.8 Å². The van der Waals surface area contributed by atoms with Crippen LogP contribution in [-0.4, -0.2) is 34.1 Å². The van der Waals surface area contributed by atoms with Gasteiger partial charge in [-0.15, -0.1) is 11.3 Å². The minimum absolute atomic E-state index is 0.0912. The van der Waals surface area contributed by atoms with E-state index in [2.05, 4.69) is 27.1 Å². The molecule has 0 unspecified atom stereocenters. The number of nitrogens with one attached hydrogen (secondary N) is 2. The van der Waals surface area contributed by atoms with Crippen LogP contribution in [-0.2, 0) is 6.42 Å². The number of aromatic amines is 1.